The predicted octanol–water partition coefficient (Wildman–Crippen LogP) is 1.56. The van der Waals surface area contributed by atoms with Gasteiger partial charge >= 0.3 is 0 Å². The first-order valence-corrected chi connectivity index (χ1v) is 7.49. The number of amides is 2. The molecule has 1 atom stereocenters. The molecular weight excluding hydrogens is 312 g/mol. The van der Waals surface area contributed by atoms with Crippen molar-refractivity contribution in [2.75, 3.05) is 18.5 Å². The second-order valence-corrected chi connectivity index (χ2v) is 5.91. The van der Waals surface area contributed by atoms with Gasteiger partial charge in [-0.05, 0) is 44.2 Å². The van der Waals surface area contributed by atoms with Crippen LogP contribution < -0.4 is 15.4 Å². The third-order valence-corrected chi connectivity index (χ3v) is 3.74. The van der Waals surface area contributed by atoms with Crippen LogP contribution in [0, 0.1) is 6.92 Å². The number of furan rings is 1. The Kier molecular flexibility index (Phi) is 4.02. The average Bonchev–Trinajstić information content (AvgIpc) is 2.99. The number of carbonyl (C=O) groups excluding carboxylic acids is 2. The summed E-state index contributed by atoms with van der Waals surface area (Å²) in [5, 5.41) is 15.7. The third-order valence-electron chi connectivity index (χ3n) is 3.74. The highest BCUT2D eigenvalue weighted by Crippen LogP contribution is 2.28. The Morgan fingerprint density at radius 1 is 1.38 bits per heavy atom. The zero-order valence-corrected chi connectivity index (χ0v) is 13.4. The highest BCUT2D eigenvalue weighted by atomic mass is 16.5. The first kappa shape index (κ1) is 16.1. The average molecular weight is 330 g/mol. The van der Waals surface area contributed by atoms with Gasteiger partial charge in [0.15, 0.2) is 6.61 Å². The molecule has 1 aliphatic rings. The summed E-state index contributed by atoms with van der Waals surface area (Å²) in [6.45, 7) is 3.29. The normalized spacial score (nSPS) is 15.7. The highest BCUT2D eigenvalue weighted by Gasteiger charge is 2.28. The van der Waals surface area contributed by atoms with Crippen LogP contribution in [0.5, 0.6) is 5.75 Å². The van der Waals surface area contributed by atoms with Gasteiger partial charge in [0.25, 0.3) is 11.8 Å². The van der Waals surface area contributed by atoms with Gasteiger partial charge in [-0.15, -0.1) is 0 Å². The van der Waals surface area contributed by atoms with E-state index in [4.69, 9.17) is 9.15 Å². The quantitative estimate of drug-likeness (QED) is 0.790. The number of hydrogen-bond acceptors (Lipinski definition) is 5. The maximum Gasteiger partial charge on any atom is 0.262 e. The van der Waals surface area contributed by atoms with Gasteiger partial charge in [-0.2, -0.15) is 0 Å². The fourth-order valence-corrected chi connectivity index (χ4v) is 2.39. The van der Waals surface area contributed by atoms with Crippen LogP contribution in [0.25, 0.3) is 0 Å². The van der Waals surface area contributed by atoms with E-state index in [2.05, 4.69) is 10.6 Å². The van der Waals surface area contributed by atoms with Crippen molar-refractivity contribution < 1.29 is 23.8 Å². The summed E-state index contributed by atoms with van der Waals surface area (Å²) in [6, 6.07) is 8.17. The monoisotopic (exact) mass is 330 g/mol. The second kappa shape index (κ2) is 6.01. The van der Waals surface area contributed by atoms with Crippen molar-refractivity contribution in [3.8, 4) is 5.75 Å². The molecule has 7 nitrogen and oxygen atoms in total. The van der Waals surface area contributed by atoms with Gasteiger partial charge in [0, 0.05) is 5.56 Å². The molecule has 2 aromatic rings. The summed E-state index contributed by atoms with van der Waals surface area (Å²) in [5.41, 5.74) is -0.520. The van der Waals surface area contributed by atoms with Crippen LogP contribution in [0.15, 0.2) is 34.7 Å². The number of fused-ring (bicyclic) bond motifs is 1. The predicted molar refractivity (Wildman–Crippen MR) is 85.9 cm³/mol. The number of ether oxygens (including phenoxy) is 1. The van der Waals surface area contributed by atoms with E-state index in [0.29, 0.717) is 28.5 Å². The fourth-order valence-electron chi connectivity index (χ4n) is 2.39. The molecular formula is C17H18N2O5. The molecule has 0 fully saturated rings. The van der Waals surface area contributed by atoms with E-state index < -0.39 is 5.60 Å². The van der Waals surface area contributed by atoms with Gasteiger partial charge in [-0.1, -0.05) is 0 Å². The van der Waals surface area contributed by atoms with Crippen LogP contribution in [-0.2, 0) is 10.4 Å². The Bertz CT molecular complexity index is 794. The van der Waals surface area contributed by atoms with Gasteiger partial charge in [0.1, 0.15) is 22.9 Å². The van der Waals surface area contributed by atoms with Crippen molar-refractivity contribution in [1.29, 1.82) is 0 Å². The minimum absolute atomic E-state index is 0.0151. The summed E-state index contributed by atoms with van der Waals surface area (Å²) in [7, 11) is 0. The smallest absolute Gasteiger partial charge is 0.262 e. The highest BCUT2D eigenvalue weighted by molar-refractivity contribution is 5.99. The van der Waals surface area contributed by atoms with Crippen molar-refractivity contribution in [1.82, 2.24) is 5.32 Å². The van der Waals surface area contributed by atoms with Gasteiger partial charge in [0.05, 0.1) is 12.2 Å². The van der Waals surface area contributed by atoms with Crippen LogP contribution in [0.1, 0.15) is 28.8 Å². The van der Waals surface area contributed by atoms with Crippen molar-refractivity contribution in [2.45, 2.75) is 19.4 Å². The summed E-state index contributed by atoms with van der Waals surface area (Å²) >= 11 is 0. The van der Waals surface area contributed by atoms with Crippen molar-refractivity contribution in [3.05, 3.63) is 47.4 Å². The number of nitrogens with one attached hydrogen (secondary N) is 2. The molecule has 1 aliphatic heterocycles. The van der Waals surface area contributed by atoms with Gasteiger partial charge in [0.2, 0.25) is 0 Å². The molecule has 126 valence electrons. The molecule has 0 radical (unpaired) electrons. The molecule has 24 heavy (non-hydrogen) atoms. The second-order valence-electron chi connectivity index (χ2n) is 5.91. The minimum atomic E-state index is -1.32. The first-order chi connectivity index (χ1) is 11.3. The summed E-state index contributed by atoms with van der Waals surface area (Å²) in [4.78, 5) is 23.6. The molecule has 3 N–H and O–H groups in total. The Hall–Kier alpha value is -2.80. The van der Waals surface area contributed by atoms with Crippen molar-refractivity contribution in [3.63, 3.8) is 0 Å². The van der Waals surface area contributed by atoms with E-state index in [1.807, 2.05) is 0 Å². The zero-order chi connectivity index (χ0) is 17.3. The van der Waals surface area contributed by atoms with E-state index in [9.17, 15) is 14.7 Å². The number of carbonyl (C=O) groups is 2. The largest absolute Gasteiger partial charge is 0.482 e. The van der Waals surface area contributed by atoms with Crippen molar-refractivity contribution >= 4 is 17.5 Å². The van der Waals surface area contributed by atoms with Crippen LogP contribution in [0.2, 0.25) is 0 Å². The van der Waals surface area contributed by atoms with Gasteiger partial charge in [-0.25, -0.2) is 0 Å². The molecule has 2 amide bonds. The van der Waals surface area contributed by atoms with E-state index in [1.54, 1.807) is 38.1 Å². The summed E-state index contributed by atoms with van der Waals surface area (Å²) in [5.74, 6) is 0.940. The molecule has 0 aliphatic carbocycles. The van der Waals surface area contributed by atoms with E-state index in [0.717, 1.165) is 0 Å². The van der Waals surface area contributed by atoms with Crippen LogP contribution in [0.3, 0.4) is 0 Å². The summed E-state index contributed by atoms with van der Waals surface area (Å²) < 4.78 is 10.7. The van der Waals surface area contributed by atoms with Gasteiger partial charge < -0.3 is 24.9 Å². The number of anilines is 1. The van der Waals surface area contributed by atoms with Crippen LogP contribution in [0.4, 0.5) is 5.69 Å². The lowest BCUT2D eigenvalue weighted by Crippen LogP contribution is -2.38. The van der Waals surface area contributed by atoms with E-state index in [-0.39, 0.29) is 25.0 Å². The molecule has 1 aromatic heterocycles. The molecule has 2 heterocycles. The molecule has 3 rings (SSSR count). The van der Waals surface area contributed by atoms with Gasteiger partial charge in [-0.3, -0.25) is 9.59 Å². The topological polar surface area (TPSA) is 101 Å². The molecule has 0 saturated heterocycles. The third kappa shape index (κ3) is 3.26. The number of aliphatic hydroxyl groups is 1. The molecule has 0 spiro atoms. The van der Waals surface area contributed by atoms with E-state index in [1.165, 1.54) is 6.07 Å². The number of hydrogen-bond donors (Lipinski definition) is 3. The standard InChI is InChI=1S/C17H18N2O5/c1-10-3-6-14(24-10)17(2,22)9-18-16(21)11-4-5-13-12(7-11)19-15(20)8-23-13/h3-7,22H,8-9H2,1-2H3,(H,18,21)(H,19,20). The Balaban J connectivity index is 1.69. The number of rotatable bonds is 4. The molecule has 1 aromatic carbocycles. The molecule has 7 heteroatoms. The first-order valence-electron chi connectivity index (χ1n) is 7.49. The zero-order valence-electron chi connectivity index (χ0n) is 13.4. The Labute approximate surface area is 138 Å². The Morgan fingerprint density at radius 3 is 2.88 bits per heavy atom. The lowest BCUT2D eigenvalue weighted by Gasteiger charge is -2.22. The molecule has 1 unspecified atom stereocenters. The van der Waals surface area contributed by atoms with E-state index >= 15 is 0 Å². The van der Waals surface area contributed by atoms with Crippen LogP contribution >= 0.6 is 0 Å². The lowest BCUT2D eigenvalue weighted by molar-refractivity contribution is -0.118. The maximum absolute atomic E-state index is 12.3. The van der Waals surface area contributed by atoms with Crippen molar-refractivity contribution in [2.24, 2.45) is 0 Å². The maximum atomic E-state index is 12.3. The minimum Gasteiger partial charge on any atom is -0.482 e. The summed E-state index contributed by atoms with van der Waals surface area (Å²) in [6.07, 6.45) is 0. The number of benzene rings is 1. The fraction of sp³-hybridized carbons (Fsp3) is 0.294. The molecule has 0 saturated carbocycles. The molecule has 0 bridgehead atoms. The number of aryl methyl sites for hydroxylation is 1. The van der Waals surface area contributed by atoms with Crippen LogP contribution in [-0.4, -0.2) is 30.1 Å². The SMILES string of the molecule is Cc1ccc(C(C)(O)CNC(=O)c2ccc3c(c2)NC(=O)CO3)o1. The Morgan fingerprint density at radius 2 is 2.17 bits per heavy atom. The lowest BCUT2D eigenvalue weighted by atomic mass is 10.0.